The first-order chi connectivity index (χ1) is 8.04. The highest BCUT2D eigenvalue weighted by Gasteiger charge is 2.17. The largest absolute Gasteiger partial charge is 0.329 e. The van der Waals surface area contributed by atoms with Gasteiger partial charge in [-0.3, -0.25) is 0 Å². The lowest BCUT2D eigenvalue weighted by atomic mass is 10.1. The summed E-state index contributed by atoms with van der Waals surface area (Å²) in [6.07, 6.45) is 0. The molecule has 0 bridgehead atoms. The third-order valence-electron chi connectivity index (χ3n) is 2.51. The summed E-state index contributed by atoms with van der Waals surface area (Å²) >= 11 is 5.93. The number of rotatable bonds is 2. The Morgan fingerprint density at radius 2 is 2.12 bits per heavy atom. The van der Waals surface area contributed by atoms with Gasteiger partial charge in [0.25, 0.3) is 0 Å². The van der Waals surface area contributed by atoms with E-state index in [1.54, 1.807) is 11.6 Å². The summed E-state index contributed by atoms with van der Waals surface area (Å²) in [7, 11) is 1.68. The van der Waals surface area contributed by atoms with Crippen molar-refractivity contribution in [3.63, 3.8) is 0 Å². The van der Waals surface area contributed by atoms with E-state index in [4.69, 9.17) is 17.3 Å². The Kier molecular flexibility index (Phi) is 3.13. The molecule has 2 N–H and O–H groups in total. The van der Waals surface area contributed by atoms with Crippen molar-refractivity contribution >= 4 is 11.6 Å². The fourth-order valence-electron chi connectivity index (χ4n) is 1.66. The predicted molar refractivity (Wildman–Crippen MR) is 61.5 cm³/mol. The maximum Gasteiger partial charge on any atom is 0.155 e. The summed E-state index contributed by atoms with van der Waals surface area (Å²) in [5, 5.41) is 0.151. The zero-order valence-electron chi connectivity index (χ0n) is 9.04. The molecule has 0 radical (unpaired) electrons. The van der Waals surface area contributed by atoms with Crippen molar-refractivity contribution in [1.29, 1.82) is 0 Å². The van der Waals surface area contributed by atoms with E-state index in [2.05, 4.69) is 4.98 Å². The fourth-order valence-corrected chi connectivity index (χ4v) is 1.99. The molecule has 90 valence electrons. The average Bonchev–Trinajstić information content (AvgIpc) is 2.55. The number of nitrogens with zero attached hydrogens (tertiary/aromatic N) is 2. The first-order valence-electron chi connectivity index (χ1n) is 4.91. The number of halogens is 3. The Labute approximate surface area is 102 Å². The Bertz CT molecular complexity index is 566. The van der Waals surface area contributed by atoms with Crippen LogP contribution in [0.1, 0.15) is 5.82 Å². The van der Waals surface area contributed by atoms with E-state index in [9.17, 15) is 8.78 Å². The van der Waals surface area contributed by atoms with Crippen molar-refractivity contribution in [2.24, 2.45) is 12.8 Å². The fraction of sp³-hybridized carbons (Fsp3) is 0.182. The van der Waals surface area contributed by atoms with E-state index >= 15 is 0 Å². The maximum absolute atomic E-state index is 13.6. The molecule has 0 unspecified atom stereocenters. The van der Waals surface area contributed by atoms with Gasteiger partial charge in [0, 0.05) is 18.7 Å². The van der Waals surface area contributed by atoms with Crippen molar-refractivity contribution < 1.29 is 8.78 Å². The lowest BCUT2D eigenvalue weighted by Gasteiger charge is -2.06. The van der Waals surface area contributed by atoms with Crippen LogP contribution in [0, 0.1) is 11.6 Å². The van der Waals surface area contributed by atoms with Gasteiger partial charge in [0.1, 0.15) is 17.5 Å². The van der Waals surface area contributed by atoms with Crippen molar-refractivity contribution in [2.45, 2.75) is 6.54 Å². The maximum atomic E-state index is 13.6. The second kappa shape index (κ2) is 4.43. The molecule has 1 aromatic carbocycles. The molecule has 0 saturated heterocycles. The molecule has 0 aliphatic heterocycles. The van der Waals surface area contributed by atoms with Crippen LogP contribution in [0.25, 0.3) is 11.3 Å². The summed E-state index contributed by atoms with van der Waals surface area (Å²) < 4.78 is 28.1. The molecular weight excluding hydrogens is 248 g/mol. The molecule has 6 heteroatoms. The Morgan fingerprint density at radius 1 is 1.41 bits per heavy atom. The second-order valence-corrected chi connectivity index (χ2v) is 3.91. The SMILES string of the molecule is Cn1c(CN)nc(Cl)c1-c1ccc(F)cc1F. The van der Waals surface area contributed by atoms with Crippen LogP contribution in [-0.2, 0) is 13.6 Å². The standard InChI is InChI=1S/C11H10ClF2N3/c1-17-9(5-15)16-11(12)10(17)7-3-2-6(13)4-8(7)14/h2-4H,5,15H2,1H3. The summed E-state index contributed by atoms with van der Waals surface area (Å²) in [5.41, 5.74) is 6.07. The molecule has 0 spiro atoms. The molecule has 0 aliphatic rings. The first-order valence-corrected chi connectivity index (χ1v) is 5.29. The van der Waals surface area contributed by atoms with E-state index in [1.807, 2.05) is 0 Å². The number of imidazole rings is 1. The second-order valence-electron chi connectivity index (χ2n) is 3.55. The number of aromatic nitrogens is 2. The van der Waals surface area contributed by atoms with Gasteiger partial charge in [-0.2, -0.15) is 0 Å². The molecule has 0 saturated carbocycles. The van der Waals surface area contributed by atoms with Crippen LogP contribution in [0.2, 0.25) is 5.15 Å². The van der Waals surface area contributed by atoms with Crippen molar-refractivity contribution in [1.82, 2.24) is 9.55 Å². The lowest BCUT2D eigenvalue weighted by Crippen LogP contribution is -2.05. The average molecular weight is 258 g/mol. The minimum atomic E-state index is -0.682. The molecule has 2 aromatic rings. The van der Waals surface area contributed by atoms with Gasteiger partial charge in [-0.25, -0.2) is 13.8 Å². The third-order valence-corrected chi connectivity index (χ3v) is 2.78. The van der Waals surface area contributed by atoms with E-state index in [1.165, 1.54) is 12.1 Å². The van der Waals surface area contributed by atoms with E-state index in [-0.39, 0.29) is 17.3 Å². The van der Waals surface area contributed by atoms with Crippen molar-refractivity contribution in [3.05, 3.63) is 40.8 Å². The molecule has 0 atom stereocenters. The summed E-state index contributed by atoms with van der Waals surface area (Å²) in [6, 6.07) is 3.30. The molecule has 2 rings (SSSR count). The lowest BCUT2D eigenvalue weighted by molar-refractivity contribution is 0.584. The van der Waals surface area contributed by atoms with Crippen molar-refractivity contribution in [2.75, 3.05) is 0 Å². The minimum Gasteiger partial charge on any atom is -0.329 e. The molecule has 3 nitrogen and oxygen atoms in total. The Balaban J connectivity index is 2.64. The van der Waals surface area contributed by atoms with Gasteiger partial charge in [-0.05, 0) is 12.1 Å². The molecular formula is C11H10ClF2N3. The van der Waals surface area contributed by atoms with Crippen molar-refractivity contribution in [3.8, 4) is 11.3 Å². The molecule has 1 heterocycles. The predicted octanol–water partition coefficient (Wildman–Crippen LogP) is 2.48. The molecule has 17 heavy (non-hydrogen) atoms. The van der Waals surface area contributed by atoms with Crippen LogP contribution in [-0.4, -0.2) is 9.55 Å². The van der Waals surface area contributed by atoms with Gasteiger partial charge in [-0.15, -0.1) is 0 Å². The van der Waals surface area contributed by atoms with E-state index < -0.39 is 11.6 Å². The zero-order valence-corrected chi connectivity index (χ0v) is 9.80. The molecule has 0 fully saturated rings. The van der Waals surface area contributed by atoms with Gasteiger partial charge < -0.3 is 10.3 Å². The van der Waals surface area contributed by atoms with Crippen LogP contribution in [0.15, 0.2) is 18.2 Å². The highest BCUT2D eigenvalue weighted by molar-refractivity contribution is 6.32. The summed E-state index contributed by atoms with van der Waals surface area (Å²) in [6.45, 7) is 0.193. The topological polar surface area (TPSA) is 43.8 Å². The normalized spacial score (nSPS) is 10.9. The van der Waals surface area contributed by atoms with Crippen LogP contribution in [0.3, 0.4) is 0 Å². The Hall–Kier alpha value is -1.46. The molecule has 0 aliphatic carbocycles. The minimum absolute atomic E-state index is 0.151. The van der Waals surface area contributed by atoms with E-state index in [0.717, 1.165) is 6.07 Å². The number of hydrogen-bond acceptors (Lipinski definition) is 2. The van der Waals surface area contributed by atoms with Gasteiger partial charge in [-0.1, -0.05) is 11.6 Å². The number of nitrogens with two attached hydrogens (primary N) is 1. The van der Waals surface area contributed by atoms with Crippen LogP contribution in [0.5, 0.6) is 0 Å². The highest BCUT2D eigenvalue weighted by Crippen LogP contribution is 2.30. The smallest absolute Gasteiger partial charge is 0.155 e. The van der Waals surface area contributed by atoms with Gasteiger partial charge in [0.15, 0.2) is 5.15 Å². The van der Waals surface area contributed by atoms with Gasteiger partial charge in [0.2, 0.25) is 0 Å². The quantitative estimate of drug-likeness (QED) is 0.898. The Morgan fingerprint density at radius 3 is 2.65 bits per heavy atom. The molecule has 1 aromatic heterocycles. The van der Waals surface area contributed by atoms with Gasteiger partial charge >= 0.3 is 0 Å². The molecule has 0 amide bonds. The van der Waals surface area contributed by atoms with Gasteiger partial charge in [0.05, 0.1) is 12.2 Å². The third kappa shape index (κ3) is 2.03. The zero-order chi connectivity index (χ0) is 12.6. The first kappa shape index (κ1) is 12.0. The van der Waals surface area contributed by atoms with Crippen LogP contribution >= 0.6 is 11.6 Å². The number of hydrogen-bond donors (Lipinski definition) is 1. The monoisotopic (exact) mass is 257 g/mol. The van der Waals surface area contributed by atoms with E-state index in [0.29, 0.717) is 11.5 Å². The highest BCUT2D eigenvalue weighted by atomic mass is 35.5. The number of benzene rings is 1. The summed E-state index contributed by atoms with van der Waals surface area (Å²) in [4.78, 5) is 4.01. The van der Waals surface area contributed by atoms with Crippen LogP contribution < -0.4 is 5.73 Å². The summed E-state index contributed by atoms with van der Waals surface area (Å²) in [5.74, 6) is -0.782. The van der Waals surface area contributed by atoms with Crippen LogP contribution in [0.4, 0.5) is 8.78 Å².